The Morgan fingerprint density at radius 1 is 1.12 bits per heavy atom. The Hall–Kier alpha value is -3.83. The summed E-state index contributed by atoms with van der Waals surface area (Å²) in [6, 6.07) is 5.33. The Morgan fingerprint density at radius 3 is 2.49 bits per heavy atom. The lowest BCUT2D eigenvalue weighted by Crippen LogP contribution is -2.68. The molecule has 216 valence electrons. The number of phenols is 1. The highest BCUT2D eigenvalue weighted by atomic mass is 16.3. The van der Waals surface area contributed by atoms with Crippen LogP contribution in [0.1, 0.15) is 47.4 Å². The number of nitrogens with two attached hydrogens (primary N) is 1. The number of carbonyl (C=O) groups is 5. The van der Waals surface area contributed by atoms with Crippen molar-refractivity contribution in [1.82, 2.24) is 4.90 Å². The van der Waals surface area contributed by atoms with Crippen LogP contribution in [0.5, 0.6) is 5.75 Å². The van der Waals surface area contributed by atoms with E-state index in [-0.39, 0.29) is 30.6 Å². The monoisotopic (exact) mass is 563 g/mol. The molecule has 6 rings (SSSR count). The normalized spacial score (nSPS) is 29.7. The van der Waals surface area contributed by atoms with E-state index < -0.39 is 58.3 Å². The molecule has 1 aromatic heterocycles. The average Bonchev–Trinajstić information content (AvgIpc) is 3.58. The number of fused-ring (bicyclic) bond motifs is 3. The van der Waals surface area contributed by atoms with Crippen LogP contribution in [0, 0.1) is 23.7 Å². The molecule has 3 aliphatic carbocycles. The molecule has 11 heteroatoms. The number of aliphatic hydroxyl groups is 1. The van der Waals surface area contributed by atoms with E-state index in [2.05, 4.69) is 4.90 Å². The third kappa shape index (κ3) is 4.05. The van der Waals surface area contributed by atoms with Gasteiger partial charge in [-0.1, -0.05) is 0 Å². The second-order valence-corrected chi connectivity index (χ2v) is 12.0. The number of anilines is 1. The number of hydrogen-bond acceptors (Lipinski definition) is 10. The first kappa shape index (κ1) is 27.3. The summed E-state index contributed by atoms with van der Waals surface area (Å²) < 4.78 is 6.09. The maximum absolute atomic E-state index is 14.1. The Balaban J connectivity index is 1.41. The highest BCUT2D eigenvalue weighted by molar-refractivity contribution is 6.31. The molecule has 0 radical (unpaired) electrons. The summed E-state index contributed by atoms with van der Waals surface area (Å²) >= 11 is 0. The number of ketones is 4. The van der Waals surface area contributed by atoms with E-state index in [1.165, 1.54) is 0 Å². The molecule has 1 amide bonds. The van der Waals surface area contributed by atoms with Gasteiger partial charge >= 0.3 is 0 Å². The zero-order valence-electron chi connectivity index (χ0n) is 23.0. The second kappa shape index (κ2) is 9.63. The predicted octanol–water partition coefficient (Wildman–Crippen LogP) is 1.25. The van der Waals surface area contributed by atoms with E-state index in [0.29, 0.717) is 29.1 Å². The zero-order valence-corrected chi connectivity index (χ0v) is 23.0. The van der Waals surface area contributed by atoms with Crippen LogP contribution in [-0.4, -0.2) is 76.9 Å². The van der Waals surface area contributed by atoms with Gasteiger partial charge in [-0.15, -0.1) is 0 Å². The highest BCUT2D eigenvalue weighted by Gasteiger charge is 2.66. The number of aromatic hydroxyl groups is 1. The Labute approximate surface area is 236 Å². The molecule has 2 heterocycles. The minimum atomic E-state index is -2.68. The summed E-state index contributed by atoms with van der Waals surface area (Å²) in [5, 5.41) is 22.9. The maximum atomic E-state index is 14.1. The van der Waals surface area contributed by atoms with E-state index >= 15 is 0 Å². The smallest absolute Gasteiger partial charge is 0.235 e. The number of phenolic OH excluding ortho intramolecular Hbond substituents is 1. The molecule has 0 bridgehead atoms. The second-order valence-electron chi connectivity index (χ2n) is 12.0. The number of primary amides is 1. The summed E-state index contributed by atoms with van der Waals surface area (Å²) in [5.74, 6) is -9.23. The first-order chi connectivity index (χ1) is 19.4. The largest absolute Gasteiger partial charge is 0.506 e. The molecule has 5 atom stereocenters. The van der Waals surface area contributed by atoms with Crippen LogP contribution in [0.4, 0.5) is 5.69 Å². The Kier molecular flexibility index (Phi) is 6.42. The first-order valence-electron chi connectivity index (χ1n) is 14.0. The van der Waals surface area contributed by atoms with Gasteiger partial charge in [-0.2, -0.15) is 0 Å². The van der Waals surface area contributed by atoms with Crippen molar-refractivity contribution in [3.05, 3.63) is 35.1 Å². The lowest BCUT2D eigenvalue weighted by molar-refractivity contribution is -0.175. The van der Waals surface area contributed by atoms with Gasteiger partial charge in [0.15, 0.2) is 34.7 Å². The maximum Gasteiger partial charge on any atom is 0.235 e. The van der Waals surface area contributed by atoms with Gasteiger partial charge in [-0.05, 0) is 68.5 Å². The summed E-state index contributed by atoms with van der Waals surface area (Å²) in [6.45, 7) is 2.60. The van der Waals surface area contributed by atoms with E-state index in [0.717, 1.165) is 31.7 Å². The van der Waals surface area contributed by atoms with Gasteiger partial charge in [0, 0.05) is 32.1 Å². The third-order valence-electron chi connectivity index (χ3n) is 9.37. The van der Waals surface area contributed by atoms with Gasteiger partial charge in [0.25, 0.3) is 0 Å². The first-order valence-corrected chi connectivity index (χ1v) is 14.0. The number of nitrogens with zero attached hydrogens (tertiary/aromatic N) is 2. The van der Waals surface area contributed by atoms with Crippen molar-refractivity contribution in [3.63, 3.8) is 0 Å². The fourth-order valence-electron chi connectivity index (χ4n) is 7.37. The van der Waals surface area contributed by atoms with Crippen molar-refractivity contribution in [2.45, 2.75) is 44.2 Å². The molecular formula is C30H33N3O8. The Morgan fingerprint density at radius 2 is 1.83 bits per heavy atom. The molecule has 1 aliphatic heterocycles. The van der Waals surface area contributed by atoms with Crippen LogP contribution in [0.3, 0.4) is 0 Å². The molecule has 2 aromatic rings. The number of hydrogen-bond donors (Lipinski definition) is 3. The molecule has 1 saturated heterocycles. The summed E-state index contributed by atoms with van der Waals surface area (Å²) in [5.41, 5.74) is 4.04. The number of carbonyl (C=O) groups excluding carboxylic acids is 5. The van der Waals surface area contributed by atoms with Crippen molar-refractivity contribution in [1.29, 1.82) is 0 Å². The SMILES string of the molecule is CN(C)c1cc(-c2ccc(CN3CCCC3)o2)c(O)c2c1C[C@H]1C[C@H]3CC(=O)C(C(N)=O)C(=O)[C@@]3(O)C(=O)C1C2=O. The van der Waals surface area contributed by atoms with Gasteiger partial charge in [0.1, 0.15) is 17.3 Å². The number of benzene rings is 1. The standard InChI is InChI=1S/C30H33N3O8/c1-32(2)19-12-18(21-6-5-16(41-21)13-33-7-3-4-8-33)25(35)23-17(19)10-14-9-15-11-20(34)24(29(31)39)28(38)30(15,40)27(37)22(14)26(23)36/h5-6,12,14-15,22,24,35,40H,3-4,7-11,13H2,1-2H3,(H2,31,39)/t14-,15+,22?,24?,30+/m1/s1. The summed E-state index contributed by atoms with van der Waals surface area (Å²) in [7, 11) is 3.61. The van der Waals surface area contributed by atoms with Crippen LogP contribution >= 0.6 is 0 Å². The van der Waals surface area contributed by atoms with E-state index in [4.69, 9.17) is 10.2 Å². The van der Waals surface area contributed by atoms with Crippen LogP contribution in [-0.2, 0) is 32.1 Å². The van der Waals surface area contributed by atoms with Crippen LogP contribution in [0.25, 0.3) is 11.3 Å². The van der Waals surface area contributed by atoms with Gasteiger partial charge in [-0.25, -0.2) is 0 Å². The van der Waals surface area contributed by atoms with Crippen LogP contribution in [0.15, 0.2) is 22.6 Å². The number of likely N-dealkylation sites (tertiary alicyclic amines) is 1. The molecule has 2 saturated carbocycles. The summed E-state index contributed by atoms with van der Waals surface area (Å²) in [4.78, 5) is 69.6. The molecule has 4 N–H and O–H groups in total. The van der Waals surface area contributed by atoms with E-state index in [1.807, 2.05) is 11.0 Å². The molecule has 2 unspecified atom stereocenters. The molecule has 3 fully saturated rings. The minimum Gasteiger partial charge on any atom is -0.506 e. The fourth-order valence-corrected chi connectivity index (χ4v) is 7.37. The highest BCUT2D eigenvalue weighted by Crippen LogP contribution is 2.52. The van der Waals surface area contributed by atoms with Crippen molar-refractivity contribution >= 4 is 34.7 Å². The van der Waals surface area contributed by atoms with Crippen molar-refractivity contribution in [2.75, 3.05) is 32.1 Å². The topological polar surface area (TPSA) is 171 Å². The molecule has 0 spiro atoms. The van der Waals surface area contributed by atoms with Crippen molar-refractivity contribution in [3.8, 4) is 17.1 Å². The number of amides is 1. The molecule has 1 aromatic carbocycles. The number of furan rings is 1. The zero-order chi connectivity index (χ0) is 29.4. The van der Waals surface area contributed by atoms with E-state index in [1.54, 1.807) is 26.2 Å². The van der Waals surface area contributed by atoms with Gasteiger partial charge < -0.3 is 25.3 Å². The summed E-state index contributed by atoms with van der Waals surface area (Å²) in [6.07, 6.45) is 2.17. The number of Topliss-reactive ketones (excluding diaryl/α,β-unsaturated/α-hetero) is 4. The lowest BCUT2D eigenvalue weighted by Gasteiger charge is -2.48. The van der Waals surface area contributed by atoms with Crippen LogP contribution < -0.4 is 10.6 Å². The minimum absolute atomic E-state index is 0.0499. The van der Waals surface area contributed by atoms with E-state index in [9.17, 15) is 34.2 Å². The van der Waals surface area contributed by atoms with Gasteiger partial charge in [0.2, 0.25) is 5.91 Å². The number of rotatable bonds is 5. The predicted molar refractivity (Wildman–Crippen MR) is 145 cm³/mol. The molecule has 11 nitrogen and oxygen atoms in total. The van der Waals surface area contributed by atoms with Gasteiger partial charge in [-0.3, -0.25) is 28.9 Å². The molecular weight excluding hydrogens is 530 g/mol. The lowest BCUT2D eigenvalue weighted by atomic mass is 9.53. The van der Waals surface area contributed by atoms with Crippen molar-refractivity contribution < 1.29 is 38.6 Å². The third-order valence-corrected chi connectivity index (χ3v) is 9.37. The van der Waals surface area contributed by atoms with Crippen LogP contribution in [0.2, 0.25) is 0 Å². The molecule has 4 aliphatic rings. The molecule has 41 heavy (non-hydrogen) atoms. The van der Waals surface area contributed by atoms with Gasteiger partial charge in [0.05, 0.1) is 23.6 Å². The quantitative estimate of drug-likeness (QED) is 0.450. The fraction of sp³-hybridized carbons (Fsp3) is 0.500. The Bertz CT molecular complexity index is 1500. The average molecular weight is 564 g/mol. The van der Waals surface area contributed by atoms with Crippen molar-refractivity contribution in [2.24, 2.45) is 29.4 Å².